The Morgan fingerprint density at radius 2 is 1.95 bits per heavy atom. The number of benzene rings is 1. The number of nitrogens with zero attached hydrogens (tertiary/aromatic N) is 2. The summed E-state index contributed by atoms with van der Waals surface area (Å²) in [6.45, 7) is 2.38. The molecule has 2 rings (SSSR count). The smallest absolute Gasteiger partial charge is 0.270 e. The molecule has 1 unspecified atom stereocenters. The van der Waals surface area contributed by atoms with Crippen molar-refractivity contribution in [1.82, 2.24) is 4.90 Å². The Morgan fingerprint density at radius 1 is 1.29 bits per heavy atom. The van der Waals surface area contributed by atoms with Gasteiger partial charge in [-0.1, -0.05) is 29.3 Å². The molecule has 1 aliphatic heterocycles. The van der Waals surface area contributed by atoms with Crippen LogP contribution in [0, 0.1) is 16.0 Å². The number of imide groups is 1. The predicted octanol–water partition coefficient (Wildman–Crippen LogP) is 3.00. The number of nitro groups is 1. The fourth-order valence-electron chi connectivity index (χ4n) is 2.44. The normalized spacial score (nSPS) is 15.2. The maximum Gasteiger partial charge on any atom is 0.270 e. The van der Waals surface area contributed by atoms with Gasteiger partial charge in [-0.2, -0.15) is 0 Å². The van der Waals surface area contributed by atoms with E-state index in [0.29, 0.717) is 11.9 Å². The Hall–Kier alpha value is -1.76. The molecule has 1 heterocycles. The van der Waals surface area contributed by atoms with Crippen molar-refractivity contribution in [1.29, 1.82) is 0 Å². The molecule has 0 saturated carbocycles. The van der Waals surface area contributed by atoms with E-state index in [1.54, 1.807) is 0 Å². The molecular formula is C14H15BrN2O4. The highest BCUT2D eigenvalue weighted by Crippen LogP contribution is 2.28. The van der Waals surface area contributed by atoms with Gasteiger partial charge in [-0.15, -0.1) is 0 Å². The summed E-state index contributed by atoms with van der Waals surface area (Å²) in [5.41, 5.74) is 0.191. The molecule has 21 heavy (non-hydrogen) atoms. The van der Waals surface area contributed by atoms with Gasteiger partial charge in [-0.3, -0.25) is 24.6 Å². The number of amides is 2. The largest absolute Gasteiger partial charge is 0.274 e. The van der Waals surface area contributed by atoms with E-state index in [-0.39, 0.29) is 28.6 Å². The van der Waals surface area contributed by atoms with Crippen LogP contribution in [0.1, 0.15) is 40.5 Å². The van der Waals surface area contributed by atoms with E-state index >= 15 is 0 Å². The Bertz CT molecular complexity index is 603. The summed E-state index contributed by atoms with van der Waals surface area (Å²) in [4.78, 5) is 36.0. The number of non-ortho nitro benzene ring substituents is 1. The topological polar surface area (TPSA) is 80.5 Å². The van der Waals surface area contributed by atoms with E-state index in [1.807, 2.05) is 6.92 Å². The van der Waals surface area contributed by atoms with Crippen LogP contribution >= 0.6 is 15.9 Å². The van der Waals surface area contributed by atoms with Crippen molar-refractivity contribution in [3.8, 4) is 0 Å². The molecule has 0 N–H and O–H groups in total. The van der Waals surface area contributed by atoms with Crippen LogP contribution in [0.3, 0.4) is 0 Å². The number of nitro benzene ring substituents is 1. The molecule has 0 radical (unpaired) electrons. The molecule has 0 aliphatic carbocycles. The van der Waals surface area contributed by atoms with E-state index in [4.69, 9.17) is 0 Å². The van der Waals surface area contributed by atoms with Gasteiger partial charge in [0.2, 0.25) is 0 Å². The van der Waals surface area contributed by atoms with Crippen molar-refractivity contribution in [3.05, 3.63) is 39.4 Å². The van der Waals surface area contributed by atoms with Crippen molar-refractivity contribution in [2.45, 2.75) is 19.8 Å². The molecule has 0 spiro atoms. The minimum Gasteiger partial charge on any atom is -0.274 e. The third-order valence-electron chi connectivity index (χ3n) is 3.52. The van der Waals surface area contributed by atoms with Gasteiger partial charge in [0.05, 0.1) is 16.1 Å². The summed E-state index contributed by atoms with van der Waals surface area (Å²) in [6.07, 6.45) is 1.86. The number of alkyl halides is 1. The third kappa shape index (κ3) is 2.97. The zero-order valence-corrected chi connectivity index (χ0v) is 13.1. The number of rotatable bonds is 6. The predicted molar refractivity (Wildman–Crippen MR) is 80.7 cm³/mol. The average Bonchev–Trinajstić information content (AvgIpc) is 2.71. The average molecular weight is 355 g/mol. The zero-order chi connectivity index (χ0) is 15.6. The van der Waals surface area contributed by atoms with Crippen LogP contribution in [-0.2, 0) is 0 Å². The van der Waals surface area contributed by atoms with Crippen LogP contribution in [0.2, 0.25) is 0 Å². The standard InChI is InChI=1S/C14H15BrN2O4/c1-2-3-9(7-15)8-16-13(18)11-5-4-10(17(20)21)6-12(11)14(16)19/h4-6,9H,2-3,7-8H2,1H3. The summed E-state index contributed by atoms with van der Waals surface area (Å²) in [5, 5.41) is 11.5. The van der Waals surface area contributed by atoms with E-state index < -0.39 is 10.8 Å². The minimum absolute atomic E-state index is 0.124. The van der Waals surface area contributed by atoms with Gasteiger partial charge in [-0.25, -0.2) is 0 Å². The van der Waals surface area contributed by atoms with Crippen LogP contribution in [0.5, 0.6) is 0 Å². The van der Waals surface area contributed by atoms with Gasteiger partial charge in [0.15, 0.2) is 0 Å². The van der Waals surface area contributed by atoms with Gasteiger partial charge in [-0.05, 0) is 18.4 Å². The summed E-state index contributed by atoms with van der Waals surface area (Å²) >= 11 is 3.39. The number of carbonyl (C=O) groups excluding carboxylic acids is 2. The minimum atomic E-state index is -0.570. The van der Waals surface area contributed by atoms with E-state index in [1.165, 1.54) is 23.1 Å². The highest BCUT2D eigenvalue weighted by molar-refractivity contribution is 9.09. The molecule has 1 aromatic carbocycles. The first-order valence-corrected chi connectivity index (χ1v) is 7.82. The van der Waals surface area contributed by atoms with Gasteiger partial charge in [0, 0.05) is 24.0 Å². The highest BCUT2D eigenvalue weighted by atomic mass is 79.9. The first-order valence-electron chi connectivity index (χ1n) is 6.70. The van der Waals surface area contributed by atoms with Crippen LogP contribution in [0.4, 0.5) is 5.69 Å². The highest BCUT2D eigenvalue weighted by Gasteiger charge is 2.37. The molecule has 1 aliphatic rings. The Labute approximate surface area is 130 Å². The monoisotopic (exact) mass is 354 g/mol. The van der Waals surface area contributed by atoms with Crippen LogP contribution in [0.25, 0.3) is 0 Å². The molecule has 112 valence electrons. The molecule has 0 aromatic heterocycles. The number of carbonyl (C=O) groups is 2. The van der Waals surface area contributed by atoms with E-state index in [0.717, 1.165) is 12.8 Å². The lowest BCUT2D eigenvalue weighted by atomic mass is 10.1. The van der Waals surface area contributed by atoms with Crippen molar-refractivity contribution in [2.75, 3.05) is 11.9 Å². The second kappa shape index (κ2) is 6.34. The number of hydrogen-bond donors (Lipinski definition) is 0. The maximum absolute atomic E-state index is 12.3. The Kier molecular flexibility index (Phi) is 4.72. The van der Waals surface area contributed by atoms with Crippen molar-refractivity contribution < 1.29 is 14.5 Å². The van der Waals surface area contributed by atoms with Gasteiger partial charge < -0.3 is 0 Å². The maximum atomic E-state index is 12.3. The molecule has 6 nitrogen and oxygen atoms in total. The fraction of sp³-hybridized carbons (Fsp3) is 0.429. The lowest BCUT2D eigenvalue weighted by molar-refractivity contribution is -0.384. The molecule has 7 heteroatoms. The molecule has 0 fully saturated rings. The van der Waals surface area contributed by atoms with Gasteiger partial charge in [0.25, 0.3) is 17.5 Å². The number of fused-ring (bicyclic) bond motifs is 1. The van der Waals surface area contributed by atoms with Crippen molar-refractivity contribution in [3.63, 3.8) is 0 Å². The molecule has 1 atom stereocenters. The fourth-order valence-corrected chi connectivity index (χ4v) is 2.97. The summed E-state index contributed by atoms with van der Waals surface area (Å²) in [5.74, 6) is -0.625. The Morgan fingerprint density at radius 3 is 2.52 bits per heavy atom. The first-order chi connectivity index (χ1) is 9.99. The second-order valence-corrected chi connectivity index (χ2v) is 5.66. The van der Waals surface area contributed by atoms with Crippen molar-refractivity contribution >= 4 is 33.4 Å². The van der Waals surface area contributed by atoms with Gasteiger partial charge >= 0.3 is 0 Å². The quantitative estimate of drug-likeness (QED) is 0.340. The molecular weight excluding hydrogens is 340 g/mol. The summed E-state index contributed by atoms with van der Waals surface area (Å²) in [6, 6.07) is 3.79. The third-order valence-corrected chi connectivity index (χ3v) is 4.44. The van der Waals surface area contributed by atoms with Crippen molar-refractivity contribution in [2.24, 2.45) is 5.92 Å². The molecule has 1 aromatic rings. The lowest BCUT2D eigenvalue weighted by Gasteiger charge is -2.20. The Balaban J connectivity index is 2.27. The molecule has 2 amide bonds. The summed E-state index contributed by atoms with van der Waals surface area (Å²) < 4.78 is 0. The zero-order valence-electron chi connectivity index (χ0n) is 11.5. The lowest BCUT2D eigenvalue weighted by Crippen LogP contribution is -2.35. The molecule has 0 bridgehead atoms. The summed E-state index contributed by atoms with van der Waals surface area (Å²) in [7, 11) is 0. The van der Waals surface area contributed by atoms with Crippen LogP contribution in [-0.4, -0.2) is 33.5 Å². The van der Waals surface area contributed by atoms with Gasteiger partial charge in [0.1, 0.15) is 0 Å². The van der Waals surface area contributed by atoms with E-state index in [2.05, 4.69) is 15.9 Å². The van der Waals surface area contributed by atoms with E-state index in [9.17, 15) is 19.7 Å². The number of hydrogen-bond acceptors (Lipinski definition) is 4. The van der Waals surface area contributed by atoms with Crippen LogP contribution < -0.4 is 0 Å². The molecule has 0 saturated heterocycles. The number of halogens is 1. The second-order valence-electron chi connectivity index (χ2n) is 5.02. The van der Waals surface area contributed by atoms with Crippen LogP contribution in [0.15, 0.2) is 18.2 Å². The SMILES string of the molecule is CCCC(CBr)CN1C(=O)c2ccc([N+](=O)[O-])cc2C1=O. The first kappa shape index (κ1) is 15.6.